The zero-order valence-corrected chi connectivity index (χ0v) is 19.8. The lowest BCUT2D eigenvalue weighted by molar-refractivity contribution is 0.171. The van der Waals surface area contributed by atoms with Crippen molar-refractivity contribution in [1.82, 2.24) is 9.97 Å². The van der Waals surface area contributed by atoms with E-state index in [9.17, 15) is 0 Å². The minimum atomic E-state index is 0.0867. The molecule has 2 aromatic rings. The Bertz CT molecular complexity index is 793. The van der Waals surface area contributed by atoms with Gasteiger partial charge in [0.05, 0.1) is 13.2 Å². The number of ether oxygens (including phenoxy) is 3. The van der Waals surface area contributed by atoms with Gasteiger partial charge in [0.25, 0.3) is 5.88 Å². The Morgan fingerprint density at radius 1 is 1.07 bits per heavy atom. The summed E-state index contributed by atoms with van der Waals surface area (Å²) in [5, 5.41) is 3.11. The number of nitrogens with one attached hydrogen (secondary N) is 1. The van der Waals surface area contributed by atoms with E-state index < -0.39 is 0 Å². The van der Waals surface area contributed by atoms with Gasteiger partial charge < -0.3 is 19.5 Å². The topological polar surface area (TPSA) is 65.5 Å². The number of methoxy groups -OCH3 is 1. The fourth-order valence-electron chi connectivity index (χ4n) is 3.09. The summed E-state index contributed by atoms with van der Waals surface area (Å²) < 4.78 is 18.2. The third-order valence-corrected chi connectivity index (χ3v) is 4.91. The number of rotatable bonds is 11. The number of hydrogen-bond acceptors (Lipinski definition) is 6. The Morgan fingerprint density at radius 3 is 2.31 bits per heavy atom. The summed E-state index contributed by atoms with van der Waals surface area (Å²) in [5.41, 5.74) is 1.50. The molecule has 0 saturated heterocycles. The van der Waals surface area contributed by atoms with E-state index in [2.05, 4.69) is 40.1 Å². The Kier molecular flexibility index (Phi) is 9.01. The zero-order chi connectivity index (χ0) is 21.4. The minimum absolute atomic E-state index is 0.0867. The van der Waals surface area contributed by atoms with E-state index in [1.165, 1.54) is 0 Å². The highest BCUT2D eigenvalue weighted by atomic mass is 79.9. The number of nitrogens with zero attached hydrogens (tertiary/aromatic N) is 2. The van der Waals surface area contributed by atoms with Crippen LogP contribution in [0.5, 0.6) is 17.4 Å². The van der Waals surface area contributed by atoms with Crippen LogP contribution >= 0.6 is 15.9 Å². The molecule has 0 amide bonds. The first-order valence-corrected chi connectivity index (χ1v) is 11.0. The molecule has 0 atom stereocenters. The second-order valence-electron chi connectivity index (χ2n) is 7.11. The van der Waals surface area contributed by atoms with Gasteiger partial charge in [0.2, 0.25) is 0 Å². The summed E-state index contributed by atoms with van der Waals surface area (Å²) in [6, 6.07) is 5.71. The average Bonchev–Trinajstić information content (AvgIpc) is 2.68. The summed E-state index contributed by atoms with van der Waals surface area (Å²) in [7, 11) is 3.45. The van der Waals surface area contributed by atoms with Crippen LogP contribution in [0.3, 0.4) is 0 Å². The largest absolute Gasteiger partial charge is 0.496 e. The van der Waals surface area contributed by atoms with Gasteiger partial charge in [0.1, 0.15) is 27.9 Å². The second kappa shape index (κ2) is 11.2. The van der Waals surface area contributed by atoms with E-state index in [1.807, 2.05) is 39.1 Å². The molecule has 29 heavy (non-hydrogen) atoms. The predicted molar refractivity (Wildman–Crippen MR) is 121 cm³/mol. The van der Waals surface area contributed by atoms with Crippen molar-refractivity contribution in [2.75, 3.05) is 19.5 Å². The molecule has 1 N–H and O–H groups in total. The van der Waals surface area contributed by atoms with Crippen molar-refractivity contribution in [3.05, 3.63) is 22.8 Å². The van der Waals surface area contributed by atoms with Crippen LogP contribution in [0.4, 0.5) is 5.82 Å². The van der Waals surface area contributed by atoms with Crippen molar-refractivity contribution in [1.29, 1.82) is 0 Å². The number of hydrogen-bond donors (Lipinski definition) is 1. The first-order chi connectivity index (χ1) is 13.9. The first kappa shape index (κ1) is 23.3. The van der Waals surface area contributed by atoms with Gasteiger partial charge in [0.15, 0.2) is 5.82 Å². The molecule has 6 nitrogen and oxygen atoms in total. The van der Waals surface area contributed by atoms with Crippen molar-refractivity contribution in [3.63, 3.8) is 0 Å². The maximum absolute atomic E-state index is 6.19. The number of anilines is 1. The smallest absolute Gasteiger partial charge is 0.258 e. The molecule has 0 unspecified atom stereocenters. The minimum Gasteiger partial charge on any atom is -0.496 e. The van der Waals surface area contributed by atoms with Gasteiger partial charge in [0, 0.05) is 18.7 Å². The summed E-state index contributed by atoms with van der Waals surface area (Å²) in [6.45, 7) is 8.30. The molecule has 1 heterocycles. The maximum Gasteiger partial charge on any atom is 0.258 e. The van der Waals surface area contributed by atoms with Crippen molar-refractivity contribution in [3.8, 4) is 28.6 Å². The Labute approximate surface area is 182 Å². The van der Waals surface area contributed by atoms with Crippen LogP contribution in [0.1, 0.15) is 53.4 Å². The van der Waals surface area contributed by atoms with E-state index in [0.717, 1.165) is 37.0 Å². The van der Waals surface area contributed by atoms with Crippen LogP contribution < -0.4 is 19.5 Å². The summed E-state index contributed by atoms with van der Waals surface area (Å²) in [6.07, 6.45) is 4.32. The van der Waals surface area contributed by atoms with Crippen LogP contribution in [0, 0.1) is 0 Å². The van der Waals surface area contributed by atoms with Crippen LogP contribution in [0.2, 0.25) is 0 Å². The number of benzene rings is 1. The molecule has 160 valence electrons. The highest BCUT2D eigenvalue weighted by molar-refractivity contribution is 9.10. The van der Waals surface area contributed by atoms with E-state index in [4.69, 9.17) is 19.2 Å². The zero-order valence-electron chi connectivity index (χ0n) is 18.2. The highest BCUT2D eigenvalue weighted by Gasteiger charge is 2.20. The fraction of sp³-hybridized carbons (Fsp3) is 0.545. The van der Waals surface area contributed by atoms with Crippen LogP contribution in [0.15, 0.2) is 22.8 Å². The molecule has 0 saturated carbocycles. The molecule has 0 aliphatic heterocycles. The SMILES string of the molecule is CCCC(CCC)Oc1nc(Br)c(-c2ccc(OC(C)C)cc2OC)nc1NC. The molecule has 0 aliphatic carbocycles. The Balaban J connectivity index is 2.42. The Hall–Kier alpha value is -2.02. The van der Waals surface area contributed by atoms with E-state index in [0.29, 0.717) is 27.7 Å². The molecule has 0 aliphatic rings. The van der Waals surface area contributed by atoms with Crippen molar-refractivity contribution in [2.45, 2.75) is 65.6 Å². The third-order valence-electron chi connectivity index (χ3n) is 4.36. The summed E-state index contributed by atoms with van der Waals surface area (Å²) in [4.78, 5) is 9.42. The van der Waals surface area contributed by atoms with Gasteiger partial charge in [-0.15, -0.1) is 0 Å². The molecule has 0 spiro atoms. The second-order valence-corrected chi connectivity index (χ2v) is 7.86. The monoisotopic (exact) mass is 465 g/mol. The van der Waals surface area contributed by atoms with Gasteiger partial charge in [-0.2, -0.15) is 0 Å². The molecule has 0 radical (unpaired) electrons. The molecule has 1 aromatic heterocycles. The average molecular weight is 466 g/mol. The summed E-state index contributed by atoms with van der Waals surface area (Å²) in [5.74, 6) is 2.53. The predicted octanol–water partition coefficient (Wildman–Crippen LogP) is 6.09. The van der Waals surface area contributed by atoms with E-state index in [-0.39, 0.29) is 12.2 Å². The van der Waals surface area contributed by atoms with Gasteiger partial charge in [-0.3, -0.25) is 0 Å². The lowest BCUT2D eigenvalue weighted by Crippen LogP contribution is -2.18. The van der Waals surface area contributed by atoms with Gasteiger partial charge in [-0.05, 0) is 54.8 Å². The first-order valence-electron chi connectivity index (χ1n) is 10.2. The molecule has 2 rings (SSSR count). The molecular formula is C22H32BrN3O3. The van der Waals surface area contributed by atoms with Crippen LogP contribution in [-0.2, 0) is 0 Å². The van der Waals surface area contributed by atoms with Crippen molar-refractivity contribution < 1.29 is 14.2 Å². The quantitative estimate of drug-likeness (QED) is 0.432. The number of aromatic nitrogens is 2. The molecule has 0 fully saturated rings. The van der Waals surface area contributed by atoms with E-state index >= 15 is 0 Å². The normalized spacial score (nSPS) is 11.1. The molecule has 1 aromatic carbocycles. The Morgan fingerprint density at radius 2 is 1.76 bits per heavy atom. The van der Waals surface area contributed by atoms with Crippen molar-refractivity contribution in [2.24, 2.45) is 0 Å². The van der Waals surface area contributed by atoms with Crippen molar-refractivity contribution >= 4 is 21.7 Å². The maximum atomic E-state index is 6.19. The number of halogens is 1. The van der Waals surface area contributed by atoms with Crippen LogP contribution in [0.25, 0.3) is 11.3 Å². The summed E-state index contributed by atoms with van der Waals surface area (Å²) >= 11 is 3.57. The van der Waals surface area contributed by atoms with Gasteiger partial charge >= 0.3 is 0 Å². The van der Waals surface area contributed by atoms with Gasteiger partial charge in [-0.25, -0.2) is 9.97 Å². The third kappa shape index (κ3) is 6.23. The molecule has 7 heteroatoms. The van der Waals surface area contributed by atoms with E-state index in [1.54, 1.807) is 7.11 Å². The lowest BCUT2D eigenvalue weighted by Gasteiger charge is -2.20. The molecule has 0 bridgehead atoms. The van der Waals surface area contributed by atoms with Gasteiger partial charge in [-0.1, -0.05) is 26.7 Å². The fourth-order valence-corrected chi connectivity index (χ4v) is 3.56. The highest BCUT2D eigenvalue weighted by Crippen LogP contribution is 2.38. The lowest BCUT2D eigenvalue weighted by atomic mass is 10.1. The standard InChI is InChI=1S/C22H32BrN3O3/c1-7-9-15(10-8-2)29-22-21(24-5)25-19(20(23)26-22)17-12-11-16(28-14(3)4)13-18(17)27-6/h11-15H,7-10H2,1-6H3,(H,24,25). The molecular weight excluding hydrogens is 434 g/mol. The van der Waals surface area contributed by atoms with Crippen LogP contribution in [-0.4, -0.2) is 36.3 Å².